The lowest BCUT2D eigenvalue weighted by Crippen LogP contribution is -2.10. The summed E-state index contributed by atoms with van der Waals surface area (Å²) in [6, 6.07) is 5.77. The maximum absolute atomic E-state index is 6.07. The van der Waals surface area contributed by atoms with Gasteiger partial charge in [0.25, 0.3) is 0 Å². The largest absolute Gasteiger partial charge is 0.324 e. The molecule has 1 atom stereocenters. The van der Waals surface area contributed by atoms with Crippen LogP contribution in [-0.4, -0.2) is 0 Å². The van der Waals surface area contributed by atoms with E-state index in [1.165, 1.54) is 0 Å². The maximum atomic E-state index is 6.07. The van der Waals surface area contributed by atoms with Gasteiger partial charge in [-0.15, -0.1) is 19.0 Å². The van der Waals surface area contributed by atoms with Crippen LogP contribution in [0.2, 0.25) is 5.02 Å². The Bertz CT molecular complexity index is 328. The zero-order chi connectivity index (χ0) is 10.6. The van der Waals surface area contributed by atoms with E-state index in [1.807, 2.05) is 24.3 Å². The van der Waals surface area contributed by atoms with E-state index < -0.39 is 0 Å². The second-order valence-electron chi connectivity index (χ2n) is 3.14. The fourth-order valence-electron chi connectivity index (χ4n) is 1.26. The van der Waals surface area contributed by atoms with Crippen LogP contribution in [0.5, 0.6) is 0 Å². The van der Waals surface area contributed by atoms with E-state index >= 15 is 0 Å². The highest BCUT2D eigenvalue weighted by Gasteiger charge is 2.09. The highest BCUT2D eigenvalue weighted by molar-refractivity contribution is 9.10. The van der Waals surface area contributed by atoms with Crippen molar-refractivity contribution in [1.29, 1.82) is 0 Å². The van der Waals surface area contributed by atoms with Gasteiger partial charge in [0.05, 0.1) is 0 Å². The zero-order valence-electron chi connectivity index (χ0n) is 8.25. The SMILES string of the molecule is C=CCC[C@@H](N)c1ccc(Br)cc1Cl.Cl. The summed E-state index contributed by atoms with van der Waals surface area (Å²) in [4.78, 5) is 0. The highest BCUT2D eigenvalue weighted by atomic mass is 79.9. The Hall–Kier alpha value is -0.0200. The van der Waals surface area contributed by atoms with Crippen LogP contribution in [0.25, 0.3) is 0 Å². The third-order valence-corrected chi connectivity index (χ3v) is 2.86. The molecule has 0 aromatic heterocycles. The van der Waals surface area contributed by atoms with Crippen LogP contribution in [0, 0.1) is 0 Å². The molecule has 0 aliphatic heterocycles. The topological polar surface area (TPSA) is 26.0 Å². The van der Waals surface area contributed by atoms with E-state index in [-0.39, 0.29) is 18.4 Å². The number of halogens is 3. The van der Waals surface area contributed by atoms with E-state index in [1.54, 1.807) is 0 Å². The van der Waals surface area contributed by atoms with Crippen molar-refractivity contribution >= 4 is 39.9 Å². The first-order valence-corrected chi connectivity index (χ1v) is 5.63. The third-order valence-electron chi connectivity index (χ3n) is 2.04. The average molecular weight is 311 g/mol. The Balaban J connectivity index is 0.00000196. The number of allylic oxidation sites excluding steroid dienone is 1. The van der Waals surface area contributed by atoms with E-state index in [0.717, 1.165) is 27.9 Å². The lowest BCUT2D eigenvalue weighted by Gasteiger charge is -2.12. The molecule has 0 aliphatic rings. The Morgan fingerprint density at radius 3 is 2.73 bits per heavy atom. The molecule has 1 rings (SSSR count). The normalized spacial score (nSPS) is 11.7. The molecule has 0 saturated carbocycles. The Kier molecular flexibility index (Phi) is 7.28. The van der Waals surface area contributed by atoms with Crippen molar-refractivity contribution in [1.82, 2.24) is 0 Å². The van der Waals surface area contributed by atoms with Crippen LogP contribution in [0.15, 0.2) is 35.3 Å². The predicted molar refractivity (Wildman–Crippen MR) is 72.8 cm³/mol. The quantitative estimate of drug-likeness (QED) is 0.815. The van der Waals surface area contributed by atoms with Gasteiger partial charge in [0.2, 0.25) is 0 Å². The highest BCUT2D eigenvalue weighted by Crippen LogP contribution is 2.27. The van der Waals surface area contributed by atoms with E-state index in [0.29, 0.717) is 0 Å². The summed E-state index contributed by atoms with van der Waals surface area (Å²) in [5.74, 6) is 0. The first-order valence-electron chi connectivity index (χ1n) is 4.46. The van der Waals surface area contributed by atoms with Gasteiger partial charge in [-0.05, 0) is 30.5 Å². The molecule has 84 valence electrons. The van der Waals surface area contributed by atoms with Gasteiger partial charge in [0, 0.05) is 15.5 Å². The van der Waals surface area contributed by atoms with Gasteiger partial charge in [-0.3, -0.25) is 0 Å². The zero-order valence-corrected chi connectivity index (χ0v) is 11.4. The minimum Gasteiger partial charge on any atom is -0.324 e. The van der Waals surface area contributed by atoms with Crippen molar-refractivity contribution in [3.63, 3.8) is 0 Å². The number of hydrogen-bond donors (Lipinski definition) is 1. The Morgan fingerprint density at radius 1 is 1.53 bits per heavy atom. The van der Waals surface area contributed by atoms with Crippen LogP contribution in [-0.2, 0) is 0 Å². The van der Waals surface area contributed by atoms with Gasteiger partial charge >= 0.3 is 0 Å². The lowest BCUT2D eigenvalue weighted by molar-refractivity contribution is 0.661. The van der Waals surface area contributed by atoms with Gasteiger partial charge in [-0.2, -0.15) is 0 Å². The summed E-state index contributed by atoms with van der Waals surface area (Å²) in [6.45, 7) is 3.67. The van der Waals surface area contributed by atoms with Crippen molar-refractivity contribution in [2.45, 2.75) is 18.9 Å². The maximum Gasteiger partial charge on any atom is 0.0464 e. The number of benzene rings is 1. The molecule has 1 aromatic carbocycles. The fourth-order valence-corrected chi connectivity index (χ4v) is 2.07. The summed E-state index contributed by atoms with van der Waals surface area (Å²) in [6.07, 6.45) is 3.66. The summed E-state index contributed by atoms with van der Waals surface area (Å²) in [5.41, 5.74) is 6.98. The molecule has 15 heavy (non-hydrogen) atoms. The molecule has 0 spiro atoms. The minimum atomic E-state index is -0.00593. The van der Waals surface area contributed by atoms with Gasteiger partial charge in [0.1, 0.15) is 0 Å². The average Bonchev–Trinajstić information content (AvgIpc) is 2.14. The van der Waals surface area contributed by atoms with Crippen LogP contribution >= 0.6 is 39.9 Å². The van der Waals surface area contributed by atoms with Crippen molar-refractivity contribution in [2.75, 3.05) is 0 Å². The summed E-state index contributed by atoms with van der Waals surface area (Å²) >= 11 is 9.42. The van der Waals surface area contributed by atoms with Gasteiger partial charge in [0.15, 0.2) is 0 Å². The molecule has 0 radical (unpaired) electrons. The van der Waals surface area contributed by atoms with Crippen LogP contribution < -0.4 is 5.73 Å². The number of nitrogens with two attached hydrogens (primary N) is 1. The number of rotatable bonds is 4. The van der Waals surface area contributed by atoms with Crippen LogP contribution in [0.1, 0.15) is 24.4 Å². The van der Waals surface area contributed by atoms with Crippen molar-refractivity contribution in [3.05, 3.63) is 45.9 Å². The molecule has 0 bridgehead atoms. The molecular formula is C11H14BrCl2N. The van der Waals surface area contributed by atoms with E-state index in [9.17, 15) is 0 Å². The van der Waals surface area contributed by atoms with Crippen molar-refractivity contribution in [2.24, 2.45) is 5.73 Å². The molecule has 2 N–H and O–H groups in total. The molecule has 0 saturated heterocycles. The van der Waals surface area contributed by atoms with Crippen molar-refractivity contribution in [3.8, 4) is 0 Å². The van der Waals surface area contributed by atoms with Gasteiger partial charge in [-0.1, -0.05) is 39.7 Å². The van der Waals surface area contributed by atoms with Gasteiger partial charge in [-0.25, -0.2) is 0 Å². The molecule has 0 fully saturated rings. The number of hydrogen-bond acceptors (Lipinski definition) is 1. The molecule has 0 aliphatic carbocycles. The first-order chi connectivity index (χ1) is 6.65. The Morgan fingerprint density at radius 2 is 2.20 bits per heavy atom. The lowest BCUT2D eigenvalue weighted by atomic mass is 10.0. The first kappa shape index (κ1) is 15.0. The van der Waals surface area contributed by atoms with Crippen molar-refractivity contribution < 1.29 is 0 Å². The Labute approximate surface area is 110 Å². The molecule has 0 amide bonds. The summed E-state index contributed by atoms with van der Waals surface area (Å²) in [7, 11) is 0. The third kappa shape index (κ3) is 4.56. The molecule has 1 aromatic rings. The smallest absolute Gasteiger partial charge is 0.0464 e. The van der Waals surface area contributed by atoms with Crippen LogP contribution in [0.4, 0.5) is 0 Å². The molecule has 4 heteroatoms. The van der Waals surface area contributed by atoms with E-state index in [4.69, 9.17) is 17.3 Å². The molecule has 0 heterocycles. The predicted octanol–water partition coefficient (Wildman–Crippen LogP) is 4.49. The fraction of sp³-hybridized carbons (Fsp3) is 0.273. The minimum absolute atomic E-state index is 0. The monoisotopic (exact) mass is 309 g/mol. The molecule has 0 unspecified atom stereocenters. The van der Waals surface area contributed by atoms with Gasteiger partial charge < -0.3 is 5.73 Å². The molecular weight excluding hydrogens is 297 g/mol. The molecule has 1 nitrogen and oxygen atoms in total. The summed E-state index contributed by atoms with van der Waals surface area (Å²) in [5, 5.41) is 0.718. The summed E-state index contributed by atoms with van der Waals surface area (Å²) < 4.78 is 0.974. The van der Waals surface area contributed by atoms with Crippen LogP contribution in [0.3, 0.4) is 0 Å². The second kappa shape index (κ2) is 7.29. The second-order valence-corrected chi connectivity index (χ2v) is 4.46. The van der Waals surface area contributed by atoms with E-state index in [2.05, 4.69) is 22.5 Å². The standard InChI is InChI=1S/C11H13BrClN.ClH/c1-2-3-4-11(14)9-6-5-8(12)7-10(9)13;/h2,5-7,11H,1,3-4,14H2;1H/t11-;/m1./s1.